The highest BCUT2D eigenvalue weighted by atomic mass is 16.2. The van der Waals surface area contributed by atoms with Gasteiger partial charge in [0.05, 0.1) is 6.54 Å². The fraction of sp³-hybridized carbons (Fsp3) is 0.450. The van der Waals surface area contributed by atoms with Gasteiger partial charge in [-0.2, -0.15) is 0 Å². The van der Waals surface area contributed by atoms with Crippen molar-refractivity contribution in [3.05, 3.63) is 47.4 Å². The fourth-order valence-corrected chi connectivity index (χ4v) is 3.42. The van der Waals surface area contributed by atoms with Crippen molar-refractivity contribution in [2.45, 2.75) is 27.2 Å². The zero-order valence-electron chi connectivity index (χ0n) is 15.8. The van der Waals surface area contributed by atoms with Gasteiger partial charge in [-0.25, -0.2) is 9.97 Å². The first-order valence-corrected chi connectivity index (χ1v) is 9.21. The number of hydrogen-bond acceptors (Lipinski definition) is 5. The molecule has 1 N–H and O–H groups in total. The Balaban J connectivity index is 1.54. The number of anilines is 2. The van der Waals surface area contributed by atoms with Crippen LogP contribution in [-0.2, 0) is 11.2 Å². The summed E-state index contributed by atoms with van der Waals surface area (Å²) in [5.41, 5.74) is 4.27. The molecule has 2 heterocycles. The Labute approximate surface area is 155 Å². The van der Waals surface area contributed by atoms with Gasteiger partial charge in [0, 0.05) is 43.1 Å². The van der Waals surface area contributed by atoms with Gasteiger partial charge < -0.3 is 10.2 Å². The molecule has 1 aromatic carbocycles. The number of aryl methyl sites for hydroxylation is 2. The molecule has 2 aromatic rings. The van der Waals surface area contributed by atoms with E-state index in [2.05, 4.69) is 32.0 Å². The SMILES string of the molecule is CCc1c(C)ncnc1N1CCN(CC(=O)Nc2cccc(C)c2)CC1. The van der Waals surface area contributed by atoms with Crippen LogP contribution in [0.5, 0.6) is 0 Å². The summed E-state index contributed by atoms with van der Waals surface area (Å²) in [6.07, 6.45) is 2.58. The van der Waals surface area contributed by atoms with Crippen LogP contribution in [0.2, 0.25) is 0 Å². The zero-order chi connectivity index (χ0) is 18.5. The highest BCUT2D eigenvalue weighted by molar-refractivity contribution is 5.92. The molecule has 6 nitrogen and oxygen atoms in total. The molecule has 1 aromatic heterocycles. The van der Waals surface area contributed by atoms with Crippen molar-refractivity contribution in [1.82, 2.24) is 14.9 Å². The summed E-state index contributed by atoms with van der Waals surface area (Å²) < 4.78 is 0. The summed E-state index contributed by atoms with van der Waals surface area (Å²) >= 11 is 0. The van der Waals surface area contributed by atoms with E-state index in [1.165, 1.54) is 5.56 Å². The van der Waals surface area contributed by atoms with E-state index >= 15 is 0 Å². The third-order valence-electron chi connectivity index (χ3n) is 4.83. The molecule has 1 saturated heterocycles. The van der Waals surface area contributed by atoms with E-state index in [-0.39, 0.29) is 5.91 Å². The zero-order valence-corrected chi connectivity index (χ0v) is 15.8. The molecule has 1 aliphatic rings. The number of hydrogen-bond donors (Lipinski definition) is 1. The van der Waals surface area contributed by atoms with Crippen molar-refractivity contribution >= 4 is 17.4 Å². The molecule has 6 heteroatoms. The summed E-state index contributed by atoms with van der Waals surface area (Å²) in [6.45, 7) is 10.1. The molecule has 1 aliphatic heterocycles. The number of rotatable bonds is 5. The Morgan fingerprint density at radius 3 is 2.62 bits per heavy atom. The van der Waals surface area contributed by atoms with Crippen molar-refractivity contribution in [3.63, 3.8) is 0 Å². The minimum atomic E-state index is 0.0381. The number of aromatic nitrogens is 2. The standard InChI is InChI=1S/C20H27N5O/c1-4-18-16(3)21-14-22-20(18)25-10-8-24(9-11-25)13-19(26)23-17-7-5-6-15(2)12-17/h5-7,12,14H,4,8-11,13H2,1-3H3,(H,23,26). The predicted octanol–water partition coefficient (Wildman–Crippen LogP) is 2.42. The Morgan fingerprint density at radius 2 is 1.92 bits per heavy atom. The smallest absolute Gasteiger partial charge is 0.238 e. The third-order valence-corrected chi connectivity index (χ3v) is 4.83. The average Bonchev–Trinajstić information content (AvgIpc) is 2.62. The fourth-order valence-electron chi connectivity index (χ4n) is 3.42. The molecular formula is C20H27N5O. The van der Waals surface area contributed by atoms with Crippen LogP contribution in [-0.4, -0.2) is 53.5 Å². The van der Waals surface area contributed by atoms with Crippen molar-refractivity contribution in [1.29, 1.82) is 0 Å². The maximum absolute atomic E-state index is 12.3. The second kappa shape index (κ2) is 8.27. The minimum absolute atomic E-state index is 0.0381. The normalized spacial score (nSPS) is 15.1. The lowest BCUT2D eigenvalue weighted by Gasteiger charge is -2.35. The summed E-state index contributed by atoms with van der Waals surface area (Å²) in [5, 5.41) is 2.98. The van der Waals surface area contributed by atoms with Crippen LogP contribution in [0.1, 0.15) is 23.7 Å². The Hall–Kier alpha value is -2.47. The summed E-state index contributed by atoms with van der Waals surface area (Å²) in [5.74, 6) is 1.08. The number of carbonyl (C=O) groups excluding carboxylic acids is 1. The first-order valence-electron chi connectivity index (χ1n) is 9.21. The number of nitrogens with zero attached hydrogens (tertiary/aromatic N) is 4. The quantitative estimate of drug-likeness (QED) is 0.894. The lowest BCUT2D eigenvalue weighted by atomic mass is 10.1. The van der Waals surface area contributed by atoms with Gasteiger partial charge in [0.25, 0.3) is 0 Å². The summed E-state index contributed by atoms with van der Waals surface area (Å²) in [6, 6.07) is 7.89. The van der Waals surface area contributed by atoms with Gasteiger partial charge in [0.1, 0.15) is 12.1 Å². The van der Waals surface area contributed by atoms with Crippen LogP contribution < -0.4 is 10.2 Å². The number of nitrogens with one attached hydrogen (secondary N) is 1. The van der Waals surface area contributed by atoms with Crippen LogP contribution in [0.4, 0.5) is 11.5 Å². The van der Waals surface area contributed by atoms with Crippen molar-refractivity contribution in [3.8, 4) is 0 Å². The topological polar surface area (TPSA) is 61.4 Å². The van der Waals surface area contributed by atoms with Gasteiger partial charge in [-0.3, -0.25) is 9.69 Å². The summed E-state index contributed by atoms with van der Waals surface area (Å²) in [4.78, 5) is 25.6. The van der Waals surface area contributed by atoms with E-state index < -0.39 is 0 Å². The molecule has 1 amide bonds. The maximum Gasteiger partial charge on any atom is 0.238 e. The molecular weight excluding hydrogens is 326 g/mol. The van der Waals surface area contributed by atoms with Gasteiger partial charge in [0.15, 0.2) is 0 Å². The number of piperazine rings is 1. The second-order valence-corrected chi connectivity index (χ2v) is 6.80. The monoisotopic (exact) mass is 353 g/mol. The molecule has 3 rings (SSSR count). The van der Waals surface area contributed by atoms with E-state index in [0.29, 0.717) is 6.54 Å². The second-order valence-electron chi connectivity index (χ2n) is 6.80. The van der Waals surface area contributed by atoms with Gasteiger partial charge in [-0.1, -0.05) is 19.1 Å². The number of carbonyl (C=O) groups is 1. The first-order chi connectivity index (χ1) is 12.6. The van der Waals surface area contributed by atoms with Crippen LogP contribution in [0.3, 0.4) is 0 Å². The van der Waals surface area contributed by atoms with Gasteiger partial charge >= 0.3 is 0 Å². The predicted molar refractivity (Wildman–Crippen MR) is 105 cm³/mol. The number of benzene rings is 1. The largest absolute Gasteiger partial charge is 0.354 e. The van der Waals surface area contributed by atoms with Crippen LogP contribution in [0.25, 0.3) is 0 Å². The van der Waals surface area contributed by atoms with Crippen molar-refractivity contribution in [2.75, 3.05) is 42.9 Å². The molecule has 0 saturated carbocycles. The van der Waals surface area contributed by atoms with Crippen LogP contribution in [0.15, 0.2) is 30.6 Å². The average molecular weight is 353 g/mol. The Morgan fingerprint density at radius 1 is 1.15 bits per heavy atom. The molecule has 0 atom stereocenters. The van der Waals surface area contributed by atoms with E-state index in [1.807, 2.05) is 38.1 Å². The summed E-state index contributed by atoms with van der Waals surface area (Å²) in [7, 11) is 0. The molecule has 0 bridgehead atoms. The van der Waals surface area contributed by atoms with E-state index in [1.54, 1.807) is 6.33 Å². The van der Waals surface area contributed by atoms with E-state index in [4.69, 9.17) is 0 Å². The highest BCUT2D eigenvalue weighted by Crippen LogP contribution is 2.21. The van der Waals surface area contributed by atoms with E-state index in [9.17, 15) is 4.79 Å². The third kappa shape index (κ3) is 4.38. The first kappa shape index (κ1) is 18.3. The van der Waals surface area contributed by atoms with Crippen LogP contribution >= 0.6 is 0 Å². The van der Waals surface area contributed by atoms with Gasteiger partial charge in [0.2, 0.25) is 5.91 Å². The molecule has 26 heavy (non-hydrogen) atoms. The molecule has 138 valence electrons. The van der Waals surface area contributed by atoms with E-state index in [0.717, 1.165) is 55.4 Å². The van der Waals surface area contributed by atoms with Gasteiger partial charge in [-0.15, -0.1) is 0 Å². The number of amides is 1. The highest BCUT2D eigenvalue weighted by Gasteiger charge is 2.22. The molecule has 0 spiro atoms. The van der Waals surface area contributed by atoms with Crippen LogP contribution in [0, 0.1) is 13.8 Å². The minimum Gasteiger partial charge on any atom is -0.354 e. The van der Waals surface area contributed by atoms with Gasteiger partial charge in [-0.05, 0) is 38.0 Å². The molecule has 0 aliphatic carbocycles. The molecule has 0 radical (unpaired) electrons. The van der Waals surface area contributed by atoms with Crippen molar-refractivity contribution < 1.29 is 4.79 Å². The van der Waals surface area contributed by atoms with Crippen molar-refractivity contribution in [2.24, 2.45) is 0 Å². The lowest BCUT2D eigenvalue weighted by Crippen LogP contribution is -2.49. The lowest BCUT2D eigenvalue weighted by molar-refractivity contribution is -0.117. The molecule has 0 unspecified atom stereocenters. The Bertz CT molecular complexity index is 769. The Kier molecular flexibility index (Phi) is 5.83. The maximum atomic E-state index is 12.3. The molecule has 1 fully saturated rings.